The molecule has 6 heavy (non-hydrogen) atoms. The van der Waals surface area contributed by atoms with Crippen LogP contribution in [0.2, 0.25) is 0 Å². The molecule has 0 aromatic rings. The van der Waals surface area contributed by atoms with Crippen LogP contribution >= 0.6 is 0 Å². The van der Waals surface area contributed by atoms with E-state index in [4.69, 9.17) is 11.8 Å². The summed E-state index contributed by atoms with van der Waals surface area (Å²) >= 11 is 0. The average Bonchev–Trinajstić information content (AvgIpc) is 1.00. The smallest absolute Gasteiger partial charge is 0.512 e. The van der Waals surface area contributed by atoms with E-state index in [0.29, 0.717) is 0 Å². The Labute approximate surface area is 78.5 Å². The molecule has 0 atom stereocenters. The van der Waals surface area contributed by atoms with Gasteiger partial charge in [-0.3, -0.25) is 0 Å². The van der Waals surface area contributed by atoms with Crippen LogP contribution in [0.15, 0.2) is 0 Å². The first kappa shape index (κ1) is 62.8. The van der Waals surface area contributed by atoms with Crippen molar-refractivity contribution in [3.63, 3.8) is 0 Å². The van der Waals surface area contributed by atoms with E-state index in [1.165, 1.54) is 0 Å². The molecule has 0 aromatic heterocycles. The standard InChI is InChI=1S/CN.K.3H2O/c1-2;;;;/h;;3*1H2/q-1;+1;;;. The van der Waals surface area contributed by atoms with Gasteiger partial charge >= 0.3 is 51.4 Å². The number of hydrogen-bond donors (Lipinski definition) is 0. The first-order chi connectivity index (χ1) is 1.00. The average molecular weight is 119 g/mol. The van der Waals surface area contributed by atoms with Crippen LogP contribution in [-0.2, 0) is 0 Å². The molecule has 0 amide bonds. The van der Waals surface area contributed by atoms with Gasteiger partial charge in [0, 0.05) is 0 Å². The van der Waals surface area contributed by atoms with Crippen molar-refractivity contribution < 1.29 is 67.8 Å². The normalized spacial score (nSPS) is 0.333. The Balaban J connectivity index is -0.000000000833. The van der Waals surface area contributed by atoms with Crippen LogP contribution in [0, 0.1) is 11.8 Å². The maximum atomic E-state index is 6.25. The van der Waals surface area contributed by atoms with Gasteiger partial charge in [0.1, 0.15) is 0 Å². The van der Waals surface area contributed by atoms with Gasteiger partial charge in [-0.2, -0.15) is 0 Å². The van der Waals surface area contributed by atoms with Gasteiger partial charge in [-0.25, -0.2) is 0 Å². The summed E-state index contributed by atoms with van der Waals surface area (Å²) in [5.41, 5.74) is 0. The van der Waals surface area contributed by atoms with Crippen LogP contribution in [0.1, 0.15) is 0 Å². The predicted molar refractivity (Wildman–Crippen MR) is 15.8 cm³/mol. The zero-order valence-corrected chi connectivity index (χ0v) is 6.57. The van der Waals surface area contributed by atoms with E-state index < -0.39 is 0 Å². The summed E-state index contributed by atoms with van der Waals surface area (Å²) in [6, 6.07) is 0. The second-order valence-corrected chi connectivity index (χ2v) is 0. The maximum absolute atomic E-state index is 6.25. The fraction of sp³-hybridized carbons (Fsp3) is 0. The molecular weight excluding hydrogens is 113 g/mol. The Hall–Kier alpha value is 1.01. The fourth-order valence-electron chi connectivity index (χ4n) is 0. The molecule has 0 saturated heterocycles. The molecule has 0 spiro atoms. The van der Waals surface area contributed by atoms with Crippen LogP contribution in [-0.4, -0.2) is 16.4 Å². The minimum Gasteiger partial charge on any atom is -0.512 e. The monoisotopic (exact) mass is 119 g/mol. The van der Waals surface area contributed by atoms with E-state index in [1.54, 1.807) is 0 Å². The molecular formula is CH6KNO3. The third kappa shape index (κ3) is 79.3. The van der Waals surface area contributed by atoms with Gasteiger partial charge in [-0.05, 0) is 0 Å². The molecule has 5 heteroatoms. The summed E-state index contributed by atoms with van der Waals surface area (Å²) in [5.74, 6) is 0. The van der Waals surface area contributed by atoms with E-state index in [0.717, 1.165) is 0 Å². The molecule has 0 aliphatic carbocycles. The second kappa shape index (κ2) is 149. The van der Waals surface area contributed by atoms with Crippen molar-refractivity contribution in [3.8, 4) is 0 Å². The van der Waals surface area contributed by atoms with Crippen LogP contribution in [0.25, 0.3) is 0 Å². The van der Waals surface area contributed by atoms with Crippen molar-refractivity contribution in [1.29, 1.82) is 5.26 Å². The Morgan fingerprint density at radius 2 is 0.833 bits per heavy atom. The molecule has 0 rings (SSSR count). The van der Waals surface area contributed by atoms with Crippen LogP contribution < -0.4 is 51.4 Å². The van der Waals surface area contributed by atoms with Crippen molar-refractivity contribution in [1.82, 2.24) is 0 Å². The zero-order chi connectivity index (χ0) is 2.00. The Morgan fingerprint density at radius 1 is 0.833 bits per heavy atom. The summed E-state index contributed by atoms with van der Waals surface area (Å²) in [5, 5.41) is 6.25. The van der Waals surface area contributed by atoms with Crippen LogP contribution in [0.4, 0.5) is 0 Å². The van der Waals surface area contributed by atoms with Gasteiger partial charge in [-0.15, -0.1) is 0 Å². The van der Waals surface area contributed by atoms with Crippen molar-refractivity contribution in [2.24, 2.45) is 0 Å². The summed E-state index contributed by atoms with van der Waals surface area (Å²) < 4.78 is 0. The largest absolute Gasteiger partial charge is 1.00 e. The van der Waals surface area contributed by atoms with Crippen molar-refractivity contribution in [2.75, 3.05) is 0 Å². The molecule has 0 aliphatic rings. The van der Waals surface area contributed by atoms with E-state index in [2.05, 4.69) is 0 Å². The summed E-state index contributed by atoms with van der Waals surface area (Å²) in [6.45, 7) is 4.75. The van der Waals surface area contributed by atoms with Crippen LogP contribution in [0.5, 0.6) is 0 Å². The fourth-order valence-corrected chi connectivity index (χ4v) is 0. The Bertz CT molecular complexity index is 15.5. The second-order valence-electron chi connectivity index (χ2n) is 0. The van der Waals surface area contributed by atoms with Crippen molar-refractivity contribution in [2.45, 2.75) is 0 Å². The third-order valence-corrected chi connectivity index (χ3v) is 0. The van der Waals surface area contributed by atoms with E-state index in [-0.39, 0.29) is 67.8 Å². The summed E-state index contributed by atoms with van der Waals surface area (Å²) in [6.07, 6.45) is 0. The molecule has 34 valence electrons. The van der Waals surface area contributed by atoms with E-state index in [9.17, 15) is 0 Å². The molecule has 4 nitrogen and oxygen atoms in total. The van der Waals surface area contributed by atoms with Gasteiger partial charge in [-0.1, -0.05) is 0 Å². The van der Waals surface area contributed by atoms with Crippen LogP contribution in [0.3, 0.4) is 0 Å². The Kier molecular flexibility index (Phi) is 1560. The molecule has 6 N–H and O–H groups in total. The van der Waals surface area contributed by atoms with Gasteiger partial charge in [0.05, 0.1) is 0 Å². The summed E-state index contributed by atoms with van der Waals surface area (Å²) in [4.78, 5) is 0. The van der Waals surface area contributed by atoms with E-state index >= 15 is 0 Å². The first-order valence-corrected chi connectivity index (χ1v) is 0.224. The number of nitrogens with zero attached hydrogens (tertiary/aromatic N) is 1. The number of rotatable bonds is 0. The molecule has 0 saturated carbocycles. The van der Waals surface area contributed by atoms with Crippen molar-refractivity contribution in [3.05, 3.63) is 6.57 Å². The molecule has 0 aliphatic heterocycles. The Morgan fingerprint density at radius 3 is 0.833 bits per heavy atom. The maximum Gasteiger partial charge on any atom is 1.00 e. The molecule has 0 heterocycles. The topological polar surface area (TPSA) is 118 Å². The SMILES string of the molecule is O.O.O.[C-]#N.[K+]. The van der Waals surface area contributed by atoms with Gasteiger partial charge in [0.25, 0.3) is 0 Å². The van der Waals surface area contributed by atoms with E-state index in [1.807, 2.05) is 0 Å². The molecule has 0 fully saturated rings. The quantitative estimate of drug-likeness (QED) is 0.229. The van der Waals surface area contributed by atoms with Gasteiger partial charge in [0.2, 0.25) is 0 Å². The number of hydrogen-bond acceptors (Lipinski definition) is 1. The third-order valence-electron chi connectivity index (χ3n) is 0. The predicted octanol–water partition coefficient (Wildman–Crippen LogP) is -5.37. The minimum absolute atomic E-state index is 0. The molecule has 0 bridgehead atoms. The molecule has 0 unspecified atom stereocenters. The van der Waals surface area contributed by atoms with Gasteiger partial charge in [0.15, 0.2) is 0 Å². The molecule has 0 aromatic carbocycles. The summed E-state index contributed by atoms with van der Waals surface area (Å²) in [7, 11) is 0. The molecule has 0 radical (unpaired) electrons. The van der Waals surface area contributed by atoms with Gasteiger partial charge < -0.3 is 28.3 Å². The minimum atomic E-state index is 0. The zero-order valence-electron chi connectivity index (χ0n) is 3.45. The first-order valence-electron chi connectivity index (χ1n) is 0.224. The van der Waals surface area contributed by atoms with Crippen molar-refractivity contribution >= 4 is 0 Å².